The number of hydrogen-bond acceptors (Lipinski definition) is 4. The Morgan fingerprint density at radius 3 is 2.52 bits per heavy atom. The molecule has 1 N–H and O–H groups in total. The minimum Gasteiger partial charge on any atom is -0.497 e. The van der Waals surface area contributed by atoms with Crippen LogP contribution in [-0.2, 0) is 0 Å². The summed E-state index contributed by atoms with van der Waals surface area (Å²) in [5.74, 6) is 1.27. The molecule has 164 valence electrons. The van der Waals surface area contributed by atoms with Gasteiger partial charge in [-0.2, -0.15) is 0 Å². The van der Waals surface area contributed by atoms with E-state index in [2.05, 4.69) is 47.5 Å². The van der Waals surface area contributed by atoms with E-state index in [9.17, 15) is 4.79 Å². The third-order valence-electron chi connectivity index (χ3n) is 5.86. The molecule has 0 aromatic heterocycles. The number of piperidine rings is 1. The van der Waals surface area contributed by atoms with Crippen molar-refractivity contribution >= 4 is 12.0 Å². The normalized spacial score (nSPS) is 17.9. The van der Waals surface area contributed by atoms with E-state index in [0.717, 1.165) is 45.3 Å². The molecule has 0 atom stereocenters. The third-order valence-corrected chi connectivity index (χ3v) is 5.86. The lowest BCUT2D eigenvalue weighted by atomic mass is 10.1. The molecular weight excluding hydrogens is 388 g/mol. The first-order valence-corrected chi connectivity index (χ1v) is 11.2. The number of carbonyl (C=O) groups is 1. The van der Waals surface area contributed by atoms with Crippen molar-refractivity contribution in [1.29, 1.82) is 0 Å². The van der Waals surface area contributed by atoms with E-state index in [0.29, 0.717) is 23.1 Å². The molecule has 0 spiro atoms. The maximum Gasteiger partial charge on any atom is 0.255 e. The van der Waals surface area contributed by atoms with Crippen LogP contribution in [0.3, 0.4) is 0 Å². The van der Waals surface area contributed by atoms with Crippen molar-refractivity contribution in [2.75, 3.05) is 26.7 Å². The highest BCUT2D eigenvalue weighted by atomic mass is 16.5. The highest BCUT2D eigenvalue weighted by molar-refractivity contribution is 5.97. The molecule has 1 aliphatic heterocycles. The van der Waals surface area contributed by atoms with Gasteiger partial charge >= 0.3 is 0 Å². The second-order valence-corrected chi connectivity index (χ2v) is 8.60. The van der Waals surface area contributed by atoms with Crippen molar-refractivity contribution in [2.45, 2.75) is 44.8 Å². The number of benzene rings is 2. The second-order valence-electron chi connectivity index (χ2n) is 8.60. The van der Waals surface area contributed by atoms with Crippen molar-refractivity contribution in [3.05, 3.63) is 65.2 Å². The fraction of sp³-hybridized carbons (Fsp3) is 0.423. The summed E-state index contributed by atoms with van der Waals surface area (Å²) in [6.07, 6.45) is 6.38. The van der Waals surface area contributed by atoms with Crippen LogP contribution in [0.4, 0.5) is 0 Å². The summed E-state index contributed by atoms with van der Waals surface area (Å²) in [7, 11) is 1.63. The standard InChI is InChI=1S/C26H32N2O3/c1-19(16-20-6-4-3-5-7-20)18-28-14-12-22(13-15-28)31-25-17-23(30-2)10-11-24(25)26(29)27-21-8-9-21/h3-7,10-11,16-17,21-22H,8-9,12-15,18H2,1-2H3,(H,27,29)/b19-16+. The molecular formula is C26H32N2O3. The summed E-state index contributed by atoms with van der Waals surface area (Å²) >= 11 is 0. The first-order chi connectivity index (χ1) is 15.1. The van der Waals surface area contributed by atoms with Gasteiger partial charge in [-0.1, -0.05) is 42.0 Å². The van der Waals surface area contributed by atoms with Gasteiger partial charge in [-0.05, 0) is 50.3 Å². The number of likely N-dealkylation sites (tertiary alicyclic amines) is 1. The van der Waals surface area contributed by atoms with Gasteiger partial charge in [0, 0.05) is 31.7 Å². The predicted molar refractivity (Wildman–Crippen MR) is 124 cm³/mol. The van der Waals surface area contributed by atoms with E-state index in [1.165, 1.54) is 11.1 Å². The van der Waals surface area contributed by atoms with Gasteiger partial charge in [0.1, 0.15) is 17.6 Å². The molecule has 1 aliphatic carbocycles. The number of carbonyl (C=O) groups excluding carboxylic acids is 1. The lowest BCUT2D eigenvalue weighted by Gasteiger charge is -2.32. The van der Waals surface area contributed by atoms with Crippen LogP contribution in [0.25, 0.3) is 6.08 Å². The number of ether oxygens (including phenoxy) is 2. The molecule has 1 saturated carbocycles. The monoisotopic (exact) mass is 420 g/mol. The van der Waals surface area contributed by atoms with E-state index >= 15 is 0 Å². The Kier molecular flexibility index (Phi) is 6.92. The van der Waals surface area contributed by atoms with Gasteiger partial charge < -0.3 is 14.8 Å². The van der Waals surface area contributed by atoms with Crippen molar-refractivity contribution in [2.24, 2.45) is 0 Å². The first kappa shape index (κ1) is 21.4. The van der Waals surface area contributed by atoms with Crippen molar-refractivity contribution in [3.8, 4) is 11.5 Å². The van der Waals surface area contributed by atoms with Gasteiger partial charge in [-0.15, -0.1) is 0 Å². The zero-order chi connectivity index (χ0) is 21.6. The van der Waals surface area contributed by atoms with E-state index in [1.807, 2.05) is 18.2 Å². The van der Waals surface area contributed by atoms with Crippen molar-refractivity contribution in [3.63, 3.8) is 0 Å². The Labute approximate surface area is 185 Å². The van der Waals surface area contributed by atoms with Crippen molar-refractivity contribution in [1.82, 2.24) is 10.2 Å². The molecule has 1 saturated heterocycles. The van der Waals surface area contributed by atoms with Crippen LogP contribution in [-0.4, -0.2) is 49.7 Å². The lowest BCUT2D eigenvalue weighted by Crippen LogP contribution is -2.39. The van der Waals surface area contributed by atoms with Gasteiger partial charge in [0.25, 0.3) is 5.91 Å². The average Bonchev–Trinajstić information content (AvgIpc) is 3.59. The van der Waals surface area contributed by atoms with Gasteiger partial charge in [-0.3, -0.25) is 9.69 Å². The molecule has 1 amide bonds. The molecule has 1 heterocycles. The molecule has 2 aromatic carbocycles. The molecule has 2 aliphatic rings. The van der Waals surface area contributed by atoms with Crippen LogP contribution < -0.4 is 14.8 Å². The van der Waals surface area contributed by atoms with E-state index in [1.54, 1.807) is 13.2 Å². The summed E-state index contributed by atoms with van der Waals surface area (Å²) in [5.41, 5.74) is 3.20. The smallest absolute Gasteiger partial charge is 0.255 e. The second kappa shape index (κ2) is 10.0. The first-order valence-electron chi connectivity index (χ1n) is 11.2. The van der Waals surface area contributed by atoms with E-state index in [4.69, 9.17) is 9.47 Å². The fourth-order valence-corrected chi connectivity index (χ4v) is 4.00. The molecule has 2 aromatic rings. The largest absolute Gasteiger partial charge is 0.497 e. The molecule has 0 radical (unpaired) electrons. The molecule has 2 fully saturated rings. The summed E-state index contributed by atoms with van der Waals surface area (Å²) < 4.78 is 11.7. The number of methoxy groups -OCH3 is 1. The third kappa shape index (κ3) is 6.11. The zero-order valence-electron chi connectivity index (χ0n) is 18.5. The van der Waals surface area contributed by atoms with Crippen molar-refractivity contribution < 1.29 is 14.3 Å². The molecule has 0 bridgehead atoms. The zero-order valence-corrected chi connectivity index (χ0v) is 18.5. The van der Waals surface area contributed by atoms with Gasteiger partial charge in [0.15, 0.2) is 0 Å². The van der Waals surface area contributed by atoms with Gasteiger partial charge in [-0.25, -0.2) is 0 Å². The minimum absolute atomic E-state index is 0.0562. The highest BCUT2D eigenvalue weighted by Crippen LogP contribution is 2.29. The summed E-state index contributed by atoms with van der Waals surface area (Å²) in [6.45, 7) is 5.13. The lowest BCUT2D eigenvalue weighted by molar-refractivity contribution is 0.0914. The maximum atomic E-state index is 12.6. The molecule has 4 rings (SSSR count). The number of hydrogen-bond donors (Lipinski definition) is 1. The van der Waals surface area contributed by atoms with Crippen LogP contribution in [0, 0.1) is 0 Å². The molecule has 5 nitrogen and oxygen atoms in total. The quantitative estimate of drug-likeness (QED) is 0.682. The summed E-state index contributed by atoms with van der Waals surface area (Å²) in [5, 5.41) is 3.06. The van der Waals surface area contributed by atoms with E-state index < -0.39 is 0 Å². The Balaban J connectivity index is 1.34. The van der Waals surface area contributed by atoms with Gasteiger partial charge in [0.05, 0.1) is 12.7 Å². The van der Waals surface area contributed by atoms with Crippen LogP contribution >= 0.6 is 0 Å². The van der Waals surface area contributed by atoms with Crippen LogP contribution in [0.1, 0.15) is 48.5 Å². The number of nitrogens with zero attached hydrogens (tertiary/aromatic N) is 1. The Morgan fingerprint density at radius 1 is 1.10 bits per heavy atom. The summed E-state index contributed by atoms with van der Waals surface area (Å²) in [6, 6.07) is 16.2. The Bertz CT molecular complexity index is 914. The van der Waals surface area contributed by atoms with Crippen LogP contribution in [0.2, 0.25) is 0 Å². The van der Waals surface area contributed by atoms with E-state index in [-0.39, 0.29) is 12.0 Å². The SMILES string of the molecule is COc1ccc(C(=O)NC2CC2)c(OC2CCN(C/C(C)=C/c3ccccc3)CC2)c1. The maximum absolute atomic E-state index is 12.6. The molecule has 5 heteroatoms. The number of rotatable bonds is 8. The van der Waals surface area contributed by atoms with Gasteiger partial charge in [0.2, 0.25) is 0 Å². The minimum atomic E-state index is -0.0562. The summed E-state index contributed by atoms with van der Waals surface area (Å²) in [4.78, 5) is 15.1. The van der Waals surface area contributed by atoms with Crippen LogP contribution in [0.15, 0.2) is 54.1 Å². The molecule has 0 unspecified atom stereocenters. The Morgan fingerprint density at radius 2 is 1.84 bits per heavy atom. The number of amides is 1. The average molecular weight is 421 g/mol. The number of nitrogens with one attached hydrogen (secondary N) is 1. The Hall–Kier alpha value is -2.79. The fourth-order valence-electron chi connectivity index (χ4n) is 4.00. The topological polar surface area (TPSA) is 50.8 Å². The highest BCUT2D eigenvalue weighted by Gasteiger charge is 2.27. The predicted octanol–water partition coefficient (Wildman–Crippen LogP) is 4.53. The van der Waals surface area contributed by atoms with Crippen LogP contribution in [0.5, 0.6) is 11.5 Å². The molecule has 31 heavy (non-hydrogen) atoms.